The predicted octanol–water partition coefficient (Wildman–Crippen LogP) is 2.72. The summed E-state index contributed by atoms with van der Waals surface area (Å²) in [6.45, 7) is 3.98. The predicted molar refractivity (Wildman–Crippen MR) is 70.3 cm³/mol. The molecule has 1 aliphatic carbocycles. The fourth-order valence-electron chi connectivity index (χ4n) is 2.56. The molecule has 0 unspecified atom stereocenters. The topological polar surface area (TPSA) is 66.4 Å². The Hall–Kier alpha value is -1.06. The molecule has 1 aliphatic rings. The first-order valence-electron chi connectivity index (χ1n) is 7.03. The van der Waals surface area contributed by atoms with Gasteiger partial charge in [0.05, 0.1) is 0 Å². The van der Waals surface area contributed by atoms with Gasteiger partial charge in [-0.05, 0) is 19.3 Å². The number of carboxylic acid groups (broad SMARTS) is 1. The molecule has 0 bridgehead atoms. The van der Waals surface area contributed by atoms with Gasteiger partial charge in [0.25, 0.3) is 0 Å². The molecule has 0 saturated heterocycles. The summed E-state index contributed by atoms with van der Waals surface area (Å²) < 4.78 is 0. The van der Waals surface area contributed by atoms with Crippen LogP contribution >= 0.6 is 0 Å². The standard InChI is InChI=1S/C14H25NO3/c1-3-4-8-11(12(16)17)15-13(18)14(2)9-6-5-7-10-14/h11H,3-10H2,1-2H3,(H,15,18)(H,16,17)/t11-/m0/s1. The normalized spacial score (nSPS) is 20.1. The molecule has 18 heavy (non-hydrogen) atoms. The third-order valence-electron chi connectivity index (χ3n) is 3.96. The smallest absolute Gasteiger partial charge is 0.326 e. The molecule has 4 nitrogen and oxygen atoms in total. The molecule has 0 aromatic carbocycles. The number of amides is 1. The maximum Gasteiger partial charge on any atom is 0.326 e. The summed E-state index contributed by atoms with van der Waals surface area (Å²) in [5.74, 6) is -0.998. The van der Waals surface area contributed by atoms with Crippen molar-refractivity contribution in [2.24, 2.45) is 5.41 Å². The average molecular weight is 255 g/mol. The second-order valence-electron chi connectivity index (χ2n) is 5.63. The average Bonchev–Trinajstić information content (AvgIpc) is 2.34. The summed E-state index contributed by atoms with van der Waals surface area (Å²) in [6, 6.07) is -0.726. The molecule has 0 aromatic rings. The molecule has 1 amide bonds. The van der Waals surface area contributed by atoms with Gasteiger partial charge in [-0.25, -0.2) is 4.79 Å². The second-order valence-corrected chi connectivity index (χ2v) is 5.63. The largest absolute Gasteiger partial charge is 0.480 e. The van der Waals surface area contributed by atoms with Gasteiger partial charge >= 0.3 is 5.97 Å². The van der Waals surface area contributed by atoms with E-state index in [0.29, 0.717) is 6.42 Å². The van der Waals surface area contributed by atoms with Gasteiger partial charge in [-0.15, -0.1) is 0 Å². The summed E-state index contributed by atoms with van der Waals surface area (Å²) in [7, 11) is 0. The summed E-state index contributed by atoms with van der Waals surface area (Å²) in [5, 5.41) is 11.8. The highest BCUT2D eigenvalue weighted by Gasteiger charge is 2.36. The van der Waals surface area contributed by atoms with E-state index in [2.05, 4.69) is 5.32 Å². The van der Waals surface area contributed by atoms with Gasteiger partial charge in [0.15, 0.2) is 0 Å². The Bertz CT molecular complexity index is 295. The van der Waals surface area contributed by atoms with E-state index in [0.717, 1.165) is 38.5 Å². The van der Waals surface area contributed by atoms with Gasteiger partial charge in [-0.2, -0.15) is 0 Å². The fourth-order valence-corrected chi connectivity index (χ4v) is 2.56. The van der Waals surface area contributed by atoms with E-state index in [1.165, 1.54) is 6.42 Å². The summed E-state index contributed by atoms with van der Waals surface area (Å²) in [4.78, 5) is 23.3. The molecule has 2 N–H and O–H groups in total. The summed E-state index contributed by atoms with van der Waals surface area (Å²) >= 11 is 0. The van der Waals surface area contributed by atoms with E-state index < -0.39 is 12.0 Å². The van der Waals surface area contributed by atoms with Gasteiger partial charge in [-0.1, -0.05) is 46.0 Å². The van der Waals surface area contributed by atoms with E-state index in [4.69, 9.17) is 5.11 Å². The Morgan fingerprint density at radius 2 is 1.89 bits per heavy atom. The quantitative estimate of drug-likeness (QED) is 0.767. The molecule has 1 fully saturated rings. The molecule has 0 radical (unpaired) electrons. The molecule has 4 heteroatoms. The highest BCUT2D eigenvalue weighted by atomic mass is 16.4. The molecule has 104 valence electrons. The van der Waals surface area contributed by atoms with Crippen LogP contribution in [0.5, 0.6) is 0 Å². The zero-order chi connectivity index (χ0) is 13.6. The van der Waals surface area contributed by atoms with Crippen LogP contribution in [0.2, 0.25) is 0 Å². The maximum absolute atomic E-state index is 12.2. The highest BCUT2D eigenvalue weighted by molar-refractivity contribution is 5.87. The number of carboxylic acids is 1. The highest BCUT2D eigenvalue weighted by Crippen LogP contribution is 2.35. The maximum atomic E-state index is 12.2. The summed E-state index contributed by atoms with van der Waals surface area (Å²) in [6.07, 6.45) is 7.35. The minimum absolute atomic E-state index is 0.0781. The third-order valence-corrected chi connectivity index (χ3v) is 3.96. The molecular formula is C14H25NO3. The van der Waals surface area contributed by atoms with Crippen molar-refractivity contribution < 1.29 is 14.7 Å². The van der Waals surface area contributed by atoms with Gasteiger partial charge in [0, 0.05) is 5.41 Å². The van der Waals surface area contributed by atoms with E-state index in [-0.39, 0.29) is 11.3 Å². The lowest BCUT2D eigenvalue weighted by atomic mass is 9.75. The van der Waals surface area contributed by atoms with Crippen molar-refractivity contribution >= 4 is 11.9 Å². The van der Waals surface area contributed by atoms with Gasteiger partial charge in [0.1, 0.15) is 6.04 Å². The van der Waals surface area contributed by atoms with Crippen molar-refractivity contribution in [2.75, 3.05) is 0 Å². The molecule has 0 aromatic heterocycles. The number of hydrogen-bond donors (Lipinski definition) is 2. The first kappa shape index (κ1) is 15.0. The number of carbonyl (C=O) groups excluding carboxylic acids is 1. The van der Waals surface area contributed by atoms with Crippen LogP contribution in [0, 0.1) is 5.41 Å². The Balaban J connectivity index is 2.56. The van der Waals surface area contributed by atoms with Crippen molar-refractivity contribution in [1.29, 1.82) is 0 Å². The van der Waals surface area contributed by atoms with Gasteiger partial charge < -0.3 is 10.4 Å². The van der Waals surface area contributed by atoms with E-state index in [1.807, 2.05) is 13.8 Å². The molecule has 1 atom stereocenters. The van der Waals surface area contributed by atoms with E-state index in [9.17, 15) is 9.59 Å². The Labute approximate surface area is 109 Å². The lowest BCUT2D eigenvalue weighted by Gasteiger charge is -2.33. The zero-order valence-electron chi connectivity index (χ0n) is 11.5. The SMILES string of the molecule is CCCC[C@H](NC(=O)C1(C)CCCCC1)C(=O)O. The second kappa shape index (κ2) is 6.76. The number of aliphatic carboxylic acids is 1. The summed E-state index contributed by atoms with van der Waals surface area (Å²) in [5.41, 5.74) is -0.363. The minimum Gasteiger partial charge on any atom is -0.480 e. The number of carbonyl (C=O) groups is 2. The van der Waals surface area contributed by atoms with Crippen molar-refractivity contribution in [2.45, 2.75) is 71.3 Å². The van der Waals surface area contributed by atoms with Crippen LogP contribution in [0.15, 0.2) is 0 Å². The monoisotopic (exact) mass is 255 g/mol. The van der Waals surface area contributed by atoms with Crippen LogP contribution in [-0.4, -0.2) is 23.0 Å². The number of hydrogen-bond acceptors (Lipinski definition) is 2. The first-order chi connectivity index (χ1) is 8.49. The van der Waals surface area contributed by atoms with Crippen molar-refractivity contribution in [3.63, 3.8) is 0 Å². The number of nitrogens with one attached hydrogen (secondary N) is 1. The number of rotatable bonds is 6. The van der Waals surface area contributed by atoms with Crippen LogP contribution in [-0.2, 0) is 9.59 Å². The van der Waals surface area contributed by atoms with Crippen molar-refractivity contribution in [3.05, 3.63) is 0 Å². The van der Waals surface area contributed by atoms with Crippen LogP contribution in [0.3, 0.4) is 0 Å². The Kier molecular flexibility index (Phi) is 5.63. The van der Waals surface area contributed by atoms with Crippen LogP contribution in [0.25, 0.3) is 0 Å². The lowest BCUT2D eigenvalue weighted by Crippen LogP contribution is -2.48. The van der Waals surface area contributed by atoms with Gasteiger partial charge in [0.2, 0.25) is 5.91 Å². The lowest BCUT2D eigenvalue weighted by molar-refractivity contribution is -0.144. The molecule has 1 rings (SSSR count). The number of unbranched alkanes of at least 4 members (excludes halogenated alkanes) is 1. The molecule has 0 heterocycles. The van der Waals surface area contributed by atoms with Crippen LogP contribution < -0.4 is 5.32 Å². The zero-order valence-corrected chi connectivity index (χ0v) is 11.5. The van der Waals surface area contributed by atoms with Crippen molar-refractivity contribution in [1.82, 2.24) is 5.32 Å². The van der Waals surface area contributed by atoms with Gasteiger partial charge in [-0.3, -0.25) is 4.79 Å². The van der Waals surface area contributed by atoms with Crippen LogP contribution in [0.4, 0.5) is 0 Å². The first-order valence-corrected chi connectivity index (χ1v) is 7.03. The molecule has 0 spiro atoms. The minimum atomic E-state index is -0.920. The third kappa shape index (κ3) is 4.00. The van der Waals surface area contributed by atoms with E-state index in [1.54, 1.807) is 0 Å². The van der Waals surface area contributed by atoms with E-state index >= 15 is 0 Å². The fraction of sp³-hybridized carbons (Fsp3) is 0.857. The van der Waals surface area contributed by atoms with Crippen LogP contribution in [0.1, 0.15) is 65.2 Å². The molecule has 1 saturated carbocycles. The van der Waals surface area contributed by atoms with Crippen molar-refractivity contribution in [3.8, 4) is 0 Å². The molecular weight excluding hydrogens is 230 g/mol. The molecule has 0 aliphatic heterocycles. The Morgan fingerprint density at radius 3 is 2.39 bits per heavy atom. The Morgan fingerprint density at radius 1 is 1.28 bits per heavy atom.